The van der Waals surface area contributed by atoms with E-state index < -0.39 is 28.4 Å². The number of nitro benzene ring substituents is 1. The van der Waals surface area contributed by atoms with E-state index in [2.05, 4.69) is 15.8 Å². The molecule has 2 heterocycles. The highest BCUT2D eigenvalue weighted by molar-refractivity contribution is 6.02. The van der Waals surface area contributed by atoms with Gasteiger partial charge in [-0.3, -0.25) is 19.7 Å². The van der Waals surface area contributed by atoms with Crippen LogP contribution in [-0.2, 0) is 0 Å². The Morgan fingerprint density at radius 1 is 0.925 bits per heavy atom. The van der Waals surface area contributed by atoms with Crippen molar-refractivity contribution in [2.24, 2.45) is 5.10 Å². The zero-order valence-corrected chi connectivity index (χ0v) is 20.4. The van der Waals surface area contributed by atoms with Crippen molar-refractivity contribution in [2.75, 3.05) is 12.1 Å². The van der Waals surface area contributed by atoms with Crippen LogP contribution in [-0.4, -0.2) is 35.7 Å². The molecule has 0 spiro atoms. The Morgan fingerprint density at radius 3 is 2.45 bits per heavy atom. The summed E-state index contributed by atoms with van der Waals surface area (Å²) >= 11 is 0. The Bertz CT molecular complexity index is 1630. The van der Waals surface area contributed by atoms with Crippen molar-refractivity contribution in [1.82, 2.24) is 5.43 Å². The summed E-state index contributed by atoms with van der Waals surface area (Å²) in [6.45, 7) is 0.0107. The highest BCUT2D eigenvalue weighted by Crippen LogP contribution is 2.34. The van der Waals surface area contributed by atoms with Crippen molar-refractivity contribution in [3.8, 4) is 17.2 Å². The van der Waals surface area contributed by atoms with Crippen LogP contribution >= 0.6 is 0 Å². The molecule has 2 N–H and O–H groups in total. The second-order valence-electron chi connectivity index (χ2n) is 8.12. The van der Waals surface area contributed by atoms with Gasteiger partial charge in [-0.2, -0.15) is 5.10 Å². The number of nitrogens with zero attached hydrogens (tertiary/aromatic N) is 2. The SMILES string of the molecule is O=C(N/N=C/c1cccc([N+](=O)[O-])c1OC(=O)c1ccc2c(c1)OCO2)c1ccc(NC(=O)c2ccco2)cc1. The molecule has 0 radical (unpaired) electrons. The number of furan rings is 1. The summed E-state index contributed by atoms with van der Waals surface area (Å²) in [6.07, 6.45) is 2.49. The average molecular weight is 542 g/mol. The molecule has 1 aliphatic heterocycles. The Hall–Kier alpha value is -5.98. The van der Waals surface area contributed by atoms with E-state index in [4.69, 9.17) is 18.6 Å². The summed E-state index contributed by atoms with van der Waals surface area (Å²) in [7, 11) is 0. The maximum Gasteiger partial charge on any atom is 0.343 e. The van der Waals surface area contributed by atoms with Crippen LogP contribution in [0, 0.1) is 10.1 Å². The van der Waals surface area contributed by atoms with Crippen molar-refractivity contribution < 1.29 is 37.9 Å². The molecule has 5 rings (SSSR count). The minimum atomic E-state index is -0.870. The number of hydrogen-bond acceptors (Lipinski definition) is 10. The Labute approximate surface area is 225 Å². The Kier molecular flexibility index (Phi) is 7.17. The molecule has 200 valence electrons. The topological polar surface area (TPSA) is 172 Å². The third-order valence-electron chi connectivity index (χ3n) is 5.54. The summed E-state index contributed by atoms with van der Waals surface area (Å²) in [6, 6.07) is 17.4. The van der Waals surface area contributed by atoms with Crippen molar-refractivity contribution >= 4 is 35.4 Å². The van der Waals surface area contributed by atoms with Gasteiger partial charge in [0.25, 0.3) is 11.8 Å². The number of para-hydroxylation sites is 1. The molecular formula is C27H18N4O9. The van der Waals surface area contributed by atoms with Gasteiger partial charge >= 0.3 is 11.7 Å². The number of amides is 2. The number of carbonyl (C=O) groups is 3. The number of rotatable bonds is 8. The third kappa shape index (κ3) is 5.62. The van der Waals surface area contributed by atoms with Gasteiger partial charge in [-0.25, -0.2) is 10.2 Å². The predicted molar refractivity (Wildman–Crippen MR) is 139 cm³/mol. The lowest BCUT2D eigenvalue weighted by molar-refractivity contribution is -0.385. The van der Waals surface area contributed by atoms with E-state index in [0.29, 0.717) is 17.2 Å². The van der Waals surface area contributed by atoms with Gasteiger partial charge in [-0.15, -0.1) is 0 Å². The smallest absolute Gasteiger partial charge is 0.343 e. The van der Waals surface area contributed by atoms with Crippen LogP contribution in [0.1, 0.15) is 36.8 Å². The summed E-state index contributed by atoms with van der Waals surface area (Å²) < 4.78 is 20.9. The number of esters is 1. The molecule has 0 fully saturated rings. The lowest BCUT2D eigenvalue weighted by Crippen LogP contribution is -2.18. The predicted octanol–water partition coefficient (Wildman–Crippen LogP) is 4.15. The van der Waals surface area contributed by atoms with Gasteiger partial charge < -0.3 is 23.9 Å². The first-order chi connectivity index (χ1) is 19.4. The number of hydrogen-bond donors (Lipinski definition) is 2. The molecule has 1 aliphatic rings. The van der Waals surface area contributed by atoms with E-state index >= 15 is 0 Å². The van der Waals surface area contributed by atoms with Crippen molar-refractivity contribution in [1.29, 1.82) is 0 Å². The molecule has 13 heteroatoms. The molecule has 3 aromatic carbocycles. The van der Waals surface area contributed by atoms with Gasteiger partial charge in [-0.05, 0) is 60.7 Å². The number of hydrazone groups is 1. The molecule has 13 nitrogen and oxygen atoms in total. The molecule has 0 saturated heterocycles. The molecule has 40 heavy (non-hydrogen) atoms. The second kappa shape index (κ2) is 11.2. The van der Waals surface area contributed by atoms with E-state index in [1.807, 2.05) is 0 Å². The highest BCUT2D eigenvalue weighted by Gasteiger charge is 2.24. The van der Waals surface area contributed by atoms with Crippen LogP contribution in [0.15, 0.2) is 88.6 Å². The number of ether oxygens (including phenoxy) is 3. The molecular weight excluding hydrogens is 524 g/mol. The number of nitro groups is 1. The molecule has 0 saturated carbocycles. The van der Waals surface area contributed by atoms with Gasteiger partial charge in [-0.1, -0.05) is 6.07 Å². The van der Waals surface area contributed by atoms with E-state index in [9.17, 15) is 24.5 Å². The maximum absolute atomic E-state index is 12.8. The van der Waals surface area contributed by atoms with Crippen LogP contribution in [0.4, 0.5) is 11.4 Å². The lowest BCUT2D eigenvalue weighted by atomic mass is 10.1. The first-order valence-electron chi connectivity index (χ1n) is 11.6. The molecule has 2 amide bonds. The standard InChI is InChI=1S/C27H18N4O9/c32-25(16-6-9-19(10-7-16)29-26(33)22-5-2-12-37-22)30-28-14-18-3-1-4-20(31(35)36)24(18)40-27(34)17-8-11-21-23(13-17)39-15-38-21/h1-14H,15H2,(H,29,33)(H,30,32)/b28-14+. The monoisotopic (exact) mass is 542 g/mol. The maximum atomic E-state index is 12.8. The average Bonchev–Trinajstić information content (AvgIpc) is 3.66. The first kappa shape index (κ1) is 25.7. The second-order valence-corrected chi connectivity index (χ2v) is 8.12. The number of fused-ring (bicyclic) bond motifs is 1. The van der Waals surface area contributed by atoms with Gasteiger partial charge in [0.15, 0.2) is 17.3 Å². The van der Waals surface area contributed by atoms with Gasteiger partial charge in [0, 0.05) is 22.9 Å². The van der Waals surface area contributed by atoms with Crippen LogP contribution in [0.2, 0.25) is 0 Å². The number of anilines is 1. The Morgan fingerprint density at radius 2 is 1.70 bits per heavy atom. The third-order valence-corrected chi connectivity index (χ3v) is 5.54. The van der Waals surface area contributed by atoms with Crippen LogP contribution in [0.25, 0.3) is 0 Å². The summed E-state index contributed by atoms with van der Waals surface area (Å²) in [4.78, 5) is 48.3. The molecule has 0 bridgehead atoms. The van der Waals surface area contributed by atoms with E-state index in [-0.39, 0.29) is 35.0 Å². The highest BCUT2D eigenvalue weighted by atomic mass is 16.7. The summed E-state index contributed by atoms with van der Waals surface area (Å²) in [5, 5.41) is 18.1. The molecule has 0 aliphatic carbocycles. The largest absolute Gasteiger partial charge is 0.459 e. The molecule has 0 atom stereocenters. The minimum Gasteiger partial charge on any atom is -0.459 e. The van der Waals surface area contributed by atoms with Crippen LogP contribution in [0.5, 0.6) is 17.2 Å². The first-order valence-corrected chi connectivity index (χ1v) is 11.6. The van der Waals surface area contributed by atoms with Gasteiger partial charge in [0.05, 0.1) is 23.0 Å². The fourth-order valence-electron chi connectivity index (χ4n) is 3.60. The quantitative estimate of drug-likeness (QED) is 0.109. The fraction of sp³-hybridized carbons (Fsp3) is 0.0370. The Balaban J connectivity index is 1.27. The van der Waals surface area contributed by atoms with Crippen LogP contribution < -0.4 is 25.0 Å². The zero-order valence-electron chi connectivity index (χ0n) is 20.4. The van der Waals surface area contributed by atoms with Crippen molar-refractivity contribution in [3.05, 3.63) is 112 Å². The number of carbonyl (C=O) groups excluding carboxylic acids is 3. The molecule has 0 unspecified atom stereocenters. The van der Waals surface area contributed by atoms with Crippen molar-refractivity contribution in [2.45, 2.75) is 0 Å². The molecule has 4 aromatic rings. The van der Waals surface area contributed by atoms with Gasteiger partial charge in [0.2, 0.25) is 12.5 Å². The number of benzene rings is 3. The lowest BCUT2D eigenvalue weighted by Gasteiger charge is -2.09. The van der Waals surface area contributed by atoms with E-state index in [0.717, 1.165) is 6.21 Å². The van der Waals surface area contributed by atoms with E-state index in [1.165, 1.54) is 73.0 Å². The van der Waals surface area contributed by atoms with Crippen molar-refractivity contribution in [3.63, 3.8) is 0 Å². The van der Waals surface area contributed by atoms with Crippen LogP contribution in [0.3, 0.4) is 0 Å². The summed E-state index contributed by atoms with van der Waals surface area (Å²) in [5.74, 6) is -1.33. The number of nitrogens with one attached hydrogen (secondary N) is 2. The summed E-state index contributed by atoms with van der Waals surface area (Å²) in [5.41, 5.74) is 2.65. The molecule has 1 aromatic heterocycles. The fourth-order valence-corrected chi connectivity index (χ4v) is 3.60. The van der Waals surface area contributed by atoms with E-state index in [1.54, 1.807) is 6.07 Å². The normalized spacial score (nSPS) is 11.7. The van der Waals surface area contributed by atoms with Gasteiger partial charge in [0.1, 0.15) is 0 Å². The minimum absolute atomic E-state index is 0.0107. The zero-order chi connectivity index (χ0) is 28.1.